The molecule has 0 aliphatic heterocycles. The van der Waals surface area contributed by atoms with Crippen LogP contribution in [0.5, 0.6) is 0 Å². The smallest absolute Gasteiger partial charge is 0.239 e. The van der Waals surface area contributed by atoms with Crippen LogP contribution in [0.3, 0.4) is 0 Å². The zero-order valence-corrected chi connectivity index (χ0v) is 15.9. The Kier molecular flexibility index (Phi) is 4.15. The van der Waals surface area contributed by atoms with Crippen LogP contribution in [0.2, 0.25) is 0 Å². The number of rotatable bonds is 4. The highest BCUT2D eigenvalue weighted by Gasteiger charge is 2.62. The van der Waals surface area contributed by atoms with Crippen LogP contribution in [0.1, 0.15) is 81.1 Å². The van der Waals surface area contributed by atoms with Crippen molar-refractivity contribution >= 4 is 10.0 Å². The van der Waals surface area contributed by atoms with Gasteiger partial charge in [-0.3, -0.25) is 4.98 Å². The lowest BCUT2D eigenvalue weighted by atomic mass is 9.89. The lowest BCUT2D eigenvalue weighted by Gasteiger charge is -2.17. The third kappa shape index (κ3) is 3.05. The molecule has 0 radical (unpaired) electrons. The topological polar surface area (TPSA) is 112 Å². The van der Waals surface area contributed by atoms with E-state index < -0.39 is 10.0 Å². The van der Waals surface area contributed by atoms with Crippen molar-refractivity contribution in [3.8, 4) is 0 Å². The van der Waals surface area contributed by atoms with Crippen molar-refractivity contribution in [2.45, 2.75) is 68.6 Å². The van der Waals surface area contributed by atoms with Crippen LogP contribution in [-0.4, -0.2) is 23.5 Å². The number of nitrogens with zero attached hydrogens (tertiary/aromatic N) is 3. The monoisotopic (exact) mass is 376 g/mol. The van der Waals surface area contributed by atoms with Crippen LogP contribution >= 0.6 is 0 Å². The molecule has 2 heterocycles. The van der Waals surface area contributed by atoms with Gasteiger partial charge in [-0.15, -0.1) is 0 Å². The lowest BCUT2D eigenvalue weighted by Crippen LogP contribution is -2.12. The van der Waals surface area contributed by atoms with Crippen molar-refractivity contribution in [1.29, 1.82) is 0 Å². The molecule has 0 unspecified atom stereocenters. The van der Waals surface area contributed by atoms with Gasteiger partial charge in [0, 0.05) is 23.7 Å². The molecule has 0 amide bonds. The van der Waals surface area contributed by atoms with Crippen LogP contribution in [0.4, 0.5) is 0 Å². The first-order chi connectivity index (χ1) is 12.3. The second kappa shape index (κ2) is 6.13. The summed E-state index contributed by atoms with van der Waals surface area (Å²) in [5, 5.41) is 9.38. The Morgan fingerprint density at radius 3 is 2.50 bits per heavy atom. The second-order valence-corrected chi connectivity index (χ2v) is 9.63. The fraction of sp³-hybridized carbons (Fsp3) is 0.611. The first-order valence-corrected chi connectivity index (χ1v) is 10.7. The minimum atomic E-state index is -3.73. The maximum atomic E-state index is 11.4. The van der Waals surface area contributed by atoms with Crippen molar-refractivity contribution in [3.05, 3.63) is 35.7 Å². The summed E-state index contributed by atoms with van der Waals surface area (Å²) in [7, 11) is -3.73. The molecular weight excluding hydrogens is 352 g/mol. The minimum Gasteiger partial charge on any atom is -0.339 e. The molecule has 0 saturated heterocycles. The van der Waals surface area contributed by atoms with E-state index in [1.807, 2.05) is 0 Å². The maximum Gasteiger partial charge on any atom is 0.239 e. The molecule has 4 rings (SSSR count). The van der Waals surface area contributed by atoms with E-state index in [2.05, 4.69) is 24.0 Å². The van der Waals surface area contributed by atoms with Gasteiger partial charge in [-0.25, -0.2) is 13.6 Å². The highest BCUT2D eigenvalue weighted by Crippen LogP contribution is 2.69. The van der Waals surface area contributed by atoms with E-state index in [1.54, 1.807) is 6.07 Å². The number of primary sulfonamides is 1. The third-order valence-corrected chi connectivity index (χ3v) is 6.83. The normalized spacial score (nSPS) is 26.0. The quantitative estimate of drug-likeness (QED) is 0.877. The van der Waals surface area contributed by atoms with E-state index in [0.717, 1.165) is 24.4 Å². The second-order valence-electron chi connectivity index (χ2n) is 8.07. The van der Waals surface area contributed by atoms with Crippen LogP contribution in [-0.2, 0) is 10.0 Å². The van der Waals surface area contributed by atoms with Crippen LogP contribution in [0.15, 0.2) is 27.7 Å². The molecule has 2 aliphatic rings. The summed E-state index contributed by atoms with van der Waals surface area (Å²) < 4.78 is 28.4. The Hall–Kier alpha value is -1.80. The Morgan fingerprint density at radius 2 is 1.88 bits per heavy atom. The first kappa shape index (κ1) is 17.6. The maximum absolute atomic E-state index is 11.4. The first-order valence-electron chi connectivity index (χ1n) is 9.11. The molecule has 2 fully saturated rings. The molecule has 2 aromatic rings. The predicted octanol–water partition coefficient (Wildman–Crippen LogP) is 3.07. The highest BCUT2D eigenvalue weighted by atomic mass is 32.2. The SMILES string of the molecule is CC1(C)[C@H](c2ccc(S(N)(=O)=O)cn2)[C@H]1c1nc(C2CCCCC2)no1. The molecule has 2 aromatic heterocycles. The molecule has 7 nitrogen and oxygen atoms in total. The largest absolute Gasteiger partial charge is 0.339 e. The van der Waals surface area contributed by atoms with Gasteiger partial charge in [-0.05, 0) is 30.4 Å². The molecule has 2 aliphatic carbocycles. The van der Waals surface area contributed by atoms with Crippen molar-refractivity contribution in [2.24, 2.45) is 10.6 Å². The fourth-order valence-electron chi connectivity index (χ4n) is 4.29. The van der Waals surface area contributed by atoms with E-state index in [-0.39, 0.29) is 22.1 Å². The Bertz CT molecular complexity index is 899. The molecule has 0 bridgehead atoms. The van der Waals surface area contributed by atoms with Crippen molar-refractivity contribution in [2.75, 3.05) is 0 Å². The van der Waals surface area contributed by atoms with E-state index in [4.69, 9.17) is 14.6 Å². The van der Waals surface area contributed by atoms with E-state index in [0.29, 0.717) is 11.8 Å². The van der Waals surface area contributed by atoms with Crippen LogP contribution < -0.4 is 5.14 Å². The number of hydrogen-bond donors (Lipinski definition) is 1. The Balaban J connectivity index is 1.55. The fourth-order valence-corrected chi connectivity index (χ4v) is 4.75. The van der Waals surface area contributed by atoms with Crippen LogP contribution in [0.25, 0.3) is 0 Å². The molecule has 2 saturated carbocycles. The van der Waals surface area contributed by atoms with Gasteiger partial charge in [0.05, 0.1) is 5.92 Å². The molecule has 26 heavy (non-hydrogen) atoms. The van der Waals surface area contributed by atoms with Crippen molar-refractivity contribution < 1.29 is 12.9 Å². The van der Waals surface area contributed by atoms with Gasteiger partial charge < -0.3 is 4.52 Å². The van der Waals surface area contributed by atoms with Gasteiger partial charge in [0.15, 0.2) is 5.82 Å². The van der Waals surface area contributed by atoms with Gasteiger partial charge in [-0.1, -0.05) is 38.3 Å². The number of nitrogens with two attached hydrogens (primary N) is 1. The molecule has 2 N–H and O–H groups in total. The summed E-state index contributed by atoms with van der Waals surface area (Å²) in [4.78, 5) is 9.05. The van der Waals surface area contributed by atoms with Gasteiger partial charge in [0.25, 0.3) is 0 Å². The van der Waals surface area contributed by atoms with E-state index in [9.17, 15) is 8.42 Å². The molecule has 8 heteroatoms. The lowest BCUT2D eigenvalue weighted by molar-refractivity contribution is 0.351. The Morgan fingerprint density at radius 1 is 1.15 bits per heavy atom. The zero-order chi connectivity index (χ0) is 18.5. The summed E-state index contributed by atoms with van der Waals surface area (Å²) >= 11 is 0. The number of sulfonamides is 1. The summed E-state index contributed by atoms with van der Waals surface area (Å²) in [5.41, 5.74) is 0.761. The van der Waals surface area contributed by atoms with Crippen molar-refractivity contribution in [1.82, 2.24) is 15.1 Å². The minimum absolute atomic E-state index is 0.0219. The average molecular weight is 376 g/mol. The summed E-state index contributed by atoms with van der Waals surface area (Å²) in [5.74, 6) is 2.13. The highest BCUT2D eigenvalue weighted by molar-refractivity contribution is 7.89. The standard InChI is InChI=1S/C18H24N4O3S/c1-18(2)14(13-9-8-12(10-20-13)26(19,23)24)15(18)17-21-16(22-25-17)11-6-4-3-5-7-11/h8-11,14-15H,3-7H2,1-2H3,(H2,19,23,24)/t14-,15+/m1/s1. The van der Waals surface area contributed by atoms with Gasteiger partial charge >= 0.3 is 0 Å². The number of hydrogen-bond acceptors (Lipinski definition) is 6. The summed E-state index contributed by atoms with van der Waals surface area (Å²) in [6.45, 7) is 4.28. The molecule has 2 atom stereocenters. The van der Waals surface area contributed by atoms with Crippen LogP contribution in [0, 0.1) is 5.41 Å². The van der Waals surface area contributed by atoms with Gasteiger partial charge in [0.1, 0.15) is 4.90 Å². The summed E-state index contributed by atoms with van der Waals surface area (Å²) in [6.07, 6.45) is 7.33. The summed E-state index contributed by atoms with van der Waals surface area (Å²) in [6, 6.07) is 3.23. The van der Waals surface area contributed by atoms with E-state index >= 15 is 0 Å². The third-order valence-electron chi connectivity index (χ3n) is 5.93. The molecule has 0 aromatic carbocycles. The van der Waals surface area contributed by atoms with Gasteiger partial charge in [-0.2, -0.15) is 4.98 Å². The number of pyridine rings is 1. The zero-order valence-electron chi connectivity index (χ0n) is 15.1. The van der Waals surface area contributed by atoms with Crippen molar-refractivity contribution in [3.63, 3.8) is 0 Å². The van der Waals surface area contributed by atoms with Gasteiger partial charge in [0.2, 0.25) is 15.9 Å². The van der Waals surface area contributed by atoms with E-state index in [1.165, 1.54) is 31.5 Å². The number of aromatic nitrogens is 3. The predicted molar refractivity (Wildman–Crippen MR) is 95.0 cm³/mol. The molecular formula is C18H24N4O3S. The molecule has 140 valence electrons. The Labute approximate surface area is 153 Å². The average Bonchev–Trinajstić information content (AvgIpc) is 2.95. The molecule has 0 spiro atoms.